The number of halogens is 1. The molecular formula is C13H12BrNSe. The third kappa shape index (κ3) is 3.38. The van der Waals surface area contributed by atoms with Gasteiger partial charge in [-0.15, -0.1) is 0 Å². The van der Waals surface area contributed by atoms with Gasteiger partial charge >= 0.3 is 111 Å². The fourth-order valence-electron chi connectivity index (χ4n) is 1.31. The number of hydrogen-bond donors (Lipinski definition) is 1. The summed E-state index contributed by atoms with van der Waals surface area (Å²) in [6.45, 7) is 0. The van der Waals surface area contributed by atoms with Gasteiger partial charge in [-0.3, -0.25) is 0 Å². The second-order valence-corrected chi connectivity index (χ2v) is 6.60. The van der Waals surface area contributed by atoms with Gasteiger partial charge in [0.05, 0.1) is 0 Å². The van der Waals surface area contributed by atoms with Gasteiger partial charge in [0, 0.05) is 0 Å². The van der Waals surface area contributed by atoms with Crippen molar-refractivity contribution in [2.24, 2.45) is 0 Å². The van der Waals surface area contributed by atoms with Crippen molar-refractivity contribution in [2.75, 3.05) is 5.73 Å². The summed E-state index contributed by atoms with van der Waals surface area (Å²) in [5.41, 5.74) is 7.88. The van der Waals surface area contributed by atoms with Crippen LogP contribution in [-0.2, 0) is 5.32 Å². The Kier molecular flexibility index (Phi) is 4.05. The first kappa shape index (κ1) is 11.7. The van der Waals surface area contributed by atoms with Crippen LogP contribution in [0.15, 0.2) is 53.0 Å². The monoisotopic (exact) mass is 341 g/mol. The average Bonchev–Trinajstić information content (AvgIpc) is 2.30. The van der Waals surface area contributed by atoms with Crippen molar-refractivity contribution in [1.29, 1.82) is 0 Å². The number of nitrogens with two attached hydrogens (primary N) is 1. The van der Waals surface area contributed by atoms with Gasteiger partial charge in [-0.25, -0.2) is 0 Å². The van der Waals surface area contributed by atoms with E-state index in [4.69, 9.17) is 5.73 Å². The summed E-state index contributed by atoms with van der Waals surface area (Å²) in [7, 11) is 0. The van der Waals surface area contributed by atoms with Gasteiger partial charge in [0.1, 0.15) is 0 Å². The van der Waals surface area contributed by atoms with Crippen LogP contribution in [0.3, 0.4) is 0 Å². The third-order valence-corrected chi connectivity index (χ3v) is 5.00. The Morgan fingerprint density at radius 1 is 0.938 bits per heavy atom. The van der Waals surface area contributed by atoms with Crippen LogP contribution in [0.5, 0.6) is 0 Å². The first-order valence-corrected chi connectivity index (χ1v) is 7.83. The summed E-state index contributed by atoms with van der Waals surface area (Å²) < 4.78 is 2.53. The normalized spacial score (nSPS) is 10.3. The van der Waals surface area contributed by atoms with E-state index in [1.54, 1.807) is 0 Å². The molecule has 2 N–H and O–H groups in total. The fourth-order valence-corrected chi connectivity index (χ4v) is 3.37. The summed E-state index contributed by atoms with van der Waals surface area (Å²) in [6, 6.07) is 16.7. The molecule has 0 saturated heterocycles. The van der Waals surface area contributed by atoms with E-state index in [-0.39, 0.29) is 0 Å². The number of benzene rings is 2. The molecule has 82 valence electrons. The number of hydrogen-bond acceptors (Lipinski definition) is 1. The number of nitrogen functional groups attached to an aromatic ring is 1. The molecule has 0 heterocycles. The molecule has 0 bridgehead atoms. The van der Waals surface area contributed by atoms with Crippen molar-refractivity contribution in [3.63, 3.8) is 0 Å². The van der Waals surface area contributed by atoms with E-state index in [0.29, 0.717) is 15.0 Å². The molecule has 3 heteroatoms. The summed E-state index contributed by atoms with van der Waals surface area (Å²) in [5, 5.41) is 1.13. The first-order valence-electron chi connectivity index (χ1n) is 4.97. The Bertz CT molecular complexity index is 405. The summed E-state index contributed by atoms with van der Waals surface area (Å²) >= 11 is 3.93. The Morgan fingerprint density at radius 3 is 2.19 bits per heavy atom. The van der Waals surface area contributed by atoms with E-state index in [1.165, 1.54) is 10.0 Å². The topological polar surface area (TPSA) is 26.0 Å². The van der Waals surface area contributed by atoms with Crippen LogP contribution < -0.4 is 10.2 Å². The van der Waals surface area contributed by atoms with E-state index in [2.05, 4.69) is 52.3 Å². The van der Waals surface area contributed by atoms with Gasteiger partial charge in [0.2, 0.25) is 0 Å². The van der Waals surface area contributed by atoms with Crippen LogP contribution >= 0.6 is 15.9 Å². The van der Waals surface area contributed by atoms with Crippen molar-refractivity contribution in [3.05, 3.63) is 58.6 Å². The molecule has 0 fully saturated rings. The third-order valence-electron chi connectivity index (χ3n) is 2.20. The van der Waals surface area contributed by atoms with Gasteiger partial charge in [0.15, 0.2) is 0 Å². The zero-order chi connectivity index (χ0) is 11.4. The van der Waals surface area contributed by atoms with Gasteiger partial charge in [-0.05, 0) is 0 Å². The molecule has 2 aromatic carbocycles. The molecule has 0 amide bonds. The zero-order valence-electron chi connectivity index (χ0n) is 8.69. The second kappa shape index (κ2) is 5.53. The van der Waals surface area contributed by atoms with E-state index in [1.807, 2.05) is 12.1 Å². The van der Waals surface area contributed by atoms with Gasteiger partial charge in [0.25, 0.3) is 0 Å². The summed E-state index contributed by atoms with van der Waals surface area (Å²) in [6.07, 6.45) is 0. The molecule has 0 atom stereocenters. The minimum absolute atomic E-state index is 0.488. The predicted molar refractivity (Wildman–Crippen MR) is 74.1 cm³/mol. The molecule has 0 unspecified atom stereocenters. The van der Waals surface area contributed by atoms with Crippen molar-refractivity contribution < 1.29 is 0 Å². The van der Waals surface area contributed by atoms with Gasteiger partial charge < -0.3 is 0 Å². The Balaban J connectivity index is 1.97. The SMILES string of the molecule is Nc1ccc([Se]Cc2ccc(Br)cc2)cc1. The Morgan fingerprint density at radius 2 is 1.56 bits per heavy atom. The molecule has 0 aliphatic carbocycles. The van der Waals surface area contributed by atoms with Crippen LogP contribution in [0.2, 0.25) is 0 Å². The number of rotatable bonds is 3. The minimum atomic E-state index is 0.488. The molecule has 2 rings (SSSR count). The number of anilines is 1. The van der Waals surface area contributed by atoms with Crippen LogP contribution in [0.1, 0.15) is 5.56 Å². The molecule has 2 aromatic rings. The van der Waals surface area contributed by atoms with Crippen molar-refractivity contribution >= 4 is 41.0 Å². The molecule has 0 aliphatic heterocycles. The Labute approximate surface area is 110 Å². The summed E-state index contributed by atoms with van der Waals surface area (Å²) in [4.78, 5) is 0. The van der Waals surface area contributed by atoms with E-state index >= 15 is 0 Å². The van der Waals surface area contributed by atoms with Gasteiger partial charge in [-0.1, -0.05) is 0 Å². The van der Waals surface area contributed by atoms with E-state index < -0.39 is 0 Å². The quantitative estimate of drug-likeness (QED) is 0.674. The Hall–Kier alpha value is -0.761. The van der Waals surface area contributed by atoms with Crippen LogP contribution in [0, 0.1) is 0 Å². The molecule has 16 heavy (non-hydrogen) atoms. The average molecular weight is 341 g/mol. The molecular weight excluding hydrogens is 329 g/mol. The van der Waals surface area contributed by atoms with Gasteiger partial charge in [-0.2, -0.15) is 0 Å². The zero-order valence-corrected chi connectivity index (χ0v) is 12.0. The summed E-state index contributed by atoms with van der Waals surface area (Å²) in [5.74, 6) is 0. The van der Waals surface area contributed by atoms with Crippen LogP contribution in [-0.4, -0.2) is 15.0 Å². The van der Waals surface area contributed by atoms with Crippen molar-refractivity contribution in [3.8, 4) is 0 Å². The maximum absolute atomic E-state index is 5.65. The fraction of sp³-hybridized carbons (Fsp3) is 0.0769. The standard InChI is InChI=1S/C13H12BrNSe/c14-11-3-1-10(2-4-11)9-16-13-7-5-12(15)6-8-13/h1-8H,9,15H2. The van der Waals surface area contributed by atoms with E-state index in [0.717, 1.165) is 15.5 Å². The molecule has 0 spiro atoms. The van der Waals surface area contributed by atoms with Crippen molar-refractivity contribution in [2.45, 2.75) is 5.32 Å². The second-order valence-electron chi connectivity index (χ2n) is 3.48. The molecule has 0 aliphatic rings. The molecule has 1 nitrogen and oxygen atoms in total. The van der Waals surface area contributed by atoms with Crippen LogP contribution in [0.25, 0.3) is 0 Å². The van der Waals surface area contributed by atoms with E-state index in [9.17, 15) is 0 Å². The maximum atomic E-state index is 5.65. The molecule has 0 aromatic heterocycles. The predicted octanol–water partition coefficient (Wildman–Crippen LogP) is 2.56. The molecule has 0 saturated carbocycles. The first-order chi connectivity index (χ1) is 7.74. The molecule has 0 radical (unpaired) electrons. The van der Waals surface area contributed by atoms with Crippen LogP contribution in [0.4, 0.5) is 5.69 Å². The van der Waals surface area contributed by atoms with Crippen molar-refractivity contribution in [1.82, 2.24) is 0 Å².